The summed E-state index contributed by atoms with van der Waals surface area (Å²) in [6.07, 6.45) is 1.47. The largest absolute Gasteiger partial charge is 0.464 e. The second-order valence-electron chi connectivity index (χ2n) is 4.88. The van der Waals surface area contributed by atoms with Crippen molar-refractivity contribution in [2.24, 2.45) is 0 Å². The van der Waals surface area contributed by atoms with Crippen molar-refractivity contribution < 1.29 is 14.3 Å². The van der Waals surface area contributed by atoms with Crippen molar-refractivity contribution >= 4 is 23.3 Å². The molecule has 0 spiro atoms. The quantitative estimate of drug-likeness (QED) is 0.869. The van der Waals surface area contributed by atoms with E-state index < -0.39 is 5.97 Å². The Morgan fingerprint density at radius 2 is 2.09 bits per heavy atom. The van der Waals surface area contributed by atoms with E-state index in [4.69, 9.17) is 15.7 Å². The van der Waals surface area contributed by atoms with Crippen LogP contribution in [0.25, 0.3) is 5.69 Å². The normalized spacial score (nSPS) is 10.0. The highest BCUT2D eigenvalue weighted by Gasteiger charge is 2.22. The van der Waals surface area contributed by atoms with Crippen LogP contribution in [0.4, 0.5) is 11.4 Å². The number of anilines is 2. The second kappa shape index (κ2) is 6.23. The molecule has 0 saturated carbocycles. The lowest BCUT2D eigenvalue weighted by Crippen LogP contribution is -2.22. The number of nitrogen functional groups attached to an aromatic ring is 1. The molecule has 118 valence electrons. The van der Waals surface area contributed by atoms with Crippen molar-refractivity contribution in [3.63, 3.8) is 0 Å². The van der Waals surface area contributed by atoms with Crippen LogP contribution in [0.15, 0.2) is 30.5 Å². The zero-order valence-corrected chi connectivity index (χ0v) is 13.0. The number of carbonyl (C=O) groups is 2. The molecule has 2 aromatic rings. The first kappa shape index (κ1) is 16.1. The molecule has 0 saturated heterocycles. The molecular weight excluding hydrogens is 296 g/mol. The van der Waals surface area contributed by atoms with Gasteiger partial charge in [-0.2, -0.15) is 5.26 Å². The van der Waals surface area contributed by atoms with Gasteiger partial charge in [-0.3, -0.25) is 4.79 Å². The molecule has 0 aliphatic carbocycles. The highest BCUT2D eigenvalue weighted by molar-refractivity contribution is 5.96. The molecule has 1 aromatic carbocycles. The van der Waals surface area contributed by atoms with E-state index in [1.54, 1.807) is 31.3 Å². The molecule has 2 rings (SSSR count). The minimum absolute atomic E-state index is 0.0599. The molecule has 0 fully saturated rings. The Hall–Kier alpha value is -3.27. The summed E-state index contributed by atoms with van der Waals surface area (Å²) in [6, 6.07) is 8.91. The molecule has 2 N–H and O–H groups in total. The summed E-state index contributed by atoms with van der Waals surface area (Å²) in [7, 11) is 2.89. The van der Waals surface area contributed by atoms with Gasteiger partial charge in [0.05, 0.1) is 18.4 Å². The van der Waals surface area contributed by atoms with Crippen LogP contribution >= 0.6 is 0 Å². The van der Waals surface area contributed by atoms with Gasteiger partial charge in [0, 0.05) is 31.5 Å². The number of hydrogen-bond donors (Lipinski definition) is 1. The van der Waals surface area contributed by atoms with Gasteiger partial charge < -0.3 is 19.9 Å². The molecule has 1 amide bonds. The zero-order valence-electron chi connectivity index (χ0n) is 13.0. The monoisotopic (exact) mass is 312 g/mol. The van der Waals surface area contributed by atoms with Crippen molar-refractivity contribution in [1.82, 2.24) is 4.57 Å². The third-order valence-corrected chi connectivity index (χ3v) is 3.51. The van der Waals surface area contributed by atoms with Crippen LogP contribution in [-0.4, -0.2) is 30.6 Å². The first-order valence-electron chi connectivity index (χ1n) is 6.74. The number of ether oxygens (including phenoxy) is 1. The van der Waals surface area contributed by atoms with Gasteiger partial charge in [-0.1, -0.05) is 6.07 Å². The van der Waals surface area contributed by atoms with E-state index in [0.29, 0.717) is 11.4 Å². The SMILES string of the molecule is COC(=O)c1c(N)c(C#N)cn1-c1cccc(N(C)C(C)=O)c1. The van der Waals surface area contributed by atoms with E-state index in [0.717, 1.165) is 0 Å². The molecule has 1 aromatic heterocycles. The van der Waals surface area contributed by atoms with Gasteiger partial charge in [0.1, 0.15) is 6.07 Å². The number of rotatable bonds is 3. The van der Waals surface area contributed by atoms with E-state index >= 15 is 0 Å². The molecule has 0 aliphatic heterocycles. The highest BCUT2D eigenvalue weighted by atomic mass is 16.5. The number of carbonyl (C=O) groups excluding carboxylic acids is 2. The smallest absolute Gasteiger partial charge is 0.357 e. The average Bonchev–Trinajstić information content (AvgIpc) is 2.90. The Balaban J connectivity index is 2.63. The Morgan fingerprint density at radius 3 is 2.65 bits per heavy atom. The fourth-order valence-corrected chi connectivity index (χ4v) is 2.15. The standard InChI is InChI=1S/C16H16N4O3/c1-10(21)19(2)12-5-4-6-13(7-12)20-9-11(8-17)14(18)15(20)16(22)23-3/h4-7,9H,18H2,1-3H3. The van der Waals surface area contributed by atoms with E-state index in [9.17, 15) is 9.59 Å². The summed E-state index contributed by atoms with van der Waals surface area (Å²) in [4.78, 5) is 25.0. The van der Waals surface area contributed by atoms with Crippen molar-refractivity contribution in [2.45, 2.75) is 6.92 Å². The van der Waals surface area contributed by atoms with Gasteiger partial charge in [-0.15, -0.1) is 0 Å². The molecule has 0 radical (unpaired) electrons. The summed E-state index contributed by atoms with van der Waals surface area (Å²) < 4.78 is 6.22. The van der Waals surface area contributed by atoms with Gasteiger partial charge in [-0.25, -0.2) is 4.79 Å². The number of aromatic nitrogens is 1. The van der Waals surface area contributed by atoms with Crippen LogP contribution in [0.2, 0.25) is 0 Å². The van der Waals surface area contributed by atoms with Gasteiger partial charge in [0.15, 0.2) is 5.69 Å². The predicted octanol–water partition coefficient (Wildman–Crippen LogP) is 1.70. The first-order chi connectivity index (χ1) is 10.9. The van der Waals surface area contributed by atoms with Crippen LogP contribution in [0, 0.1) is 11.3 Å². The first-order valence-corrected chi connectivity index (χ1v) is 6.74. The second-order valence-corrected chi connectivity index (χ2v) is 4.88. The number of benzene rings is 1. The number of nitrogens with two attached hydrogens (primary N) is 1. The van der Waals surface area contributed by atoms with E-state index in [1.165, 1.54) is 29.7 Å². The lowest BCUT2D eigenvalue weighted by molar-refractivity contribution is -0.116. The molecule has 0 unspecified atom stereocenters. The average molecular weight is 312 g/mol. The van der Waals surface area contributed by atoms with Crippen LogP contribution < -0.4 is 10.6 Å². The summed E-state index contributed by atoms with van der Waals surface area (Å²) >= 11 is 0. The fourth-order valence-electron chi connectivity index (χ4n) is 2.15. The van der Waals surface area contributed by atoms with Crippen molar-refractivity contribution in [3.8, 4) is 11.8 Å². The maximum Gasteiger partial charge on any atom is 0.357 e. The minimum atomic E-state index is -0.644. The van der Waals surface area contributed by atoms with Gasteiger partial charge >= 0.3 is 5.97 Å². The van der Waals surface area contributed by atoms with E-state index in [-0.39, 0.29) is 22.9 Å². The van der Waals surface area contributed by atoms with Crippen molar-refractivity contribution in [1.29, 1.82) is 5.26 Å². The summed E-state index contributed by atoms with van der Waals surface area (Å²) in [5.41, 5.74) is 7.41. The van der Waals surface area contributed by atoms with Gasteiger partial charge in [0.2, 0.25) is 5.91 Å². The maximum atomic E-state index is 12.0. The number of esters is 1. The Labute approximate surface area is 133 Å². The number of amides is 1. The van der Waals surface area contributed by atoms with Gasteiger partial charge in [-0.05, 0) is 18.2 Å². The molecule has 7 nitrogen and oxygen atoms in total. The third kappa shape index (κ3) is 2.87. The summed E-state index contributed by atoms with van der Waals surface area (Å²) in [6.45, 7) is 1.45. The maximum absolute atomic E-state index is 12.0. The van der Waals surface area contributed by atoms with Crippen LogP contribution in [-0.2, 0) is 9.53 Å². The molecule has 23 heavy (non-hydrogen) atoms. The van der Waals surface area contributed by atoms with E-state index in [1.807, 2.05) is 6.07 Å². The molecular formula is C16H16N4O3. The van der Waals surface area contributed by atoms with Crippen molar-refractivity contribution in [2.75, 3.05) is 24.8 Å². The molecule has 1 heterocycles. The Morgan fingerprint density at radius 1 is 1.39 bits per heavy atom. The van der Waals surface area contributed by atoms with E-state index in [2.05, 4.69) is 0 Å². The fraction of sp³-hybridized carbons (Fsp3) is 0.188. The molecule has 7 heteroatoms. The summed E-state index contributed by atoms with van der Waals surface area (Å²) in [5, 5.41) is 9.12. The number of hydrogen-bond acceptors (Lipinski definition) is 5. The molecule has 0 atom stereocenters. The van der Waals surface area contributed by atoms with Crippen LogP contribution in [0.5, 0.6) is 0 Å². The van der Waals surface area contributed by atoms with Crippen LogP contribution in [0.3, 0.4) is 0 Å². The van der Waals surface area contributed by atoms with Gasteiger partial charge in [0.25, 0.3) is 0 Å². The number of nitriles is 1. The third-order valence-electron chi connectivity index (χ3n) is 3.51. The lowest BCUT2D eigenvalue weighted by Gasteiger charge is -2.17. The van der Waals surface area contributed by atoms with Crippen molar-refractivity contribution in [3.05, 3.63) is 41.7 Å². The summed E-state index contributed by atoms with van der Waals surface area (Å²) in [5.74, 6) is -0.769. The zero-order chi connectivity index (χ0) is 17.1. The van der Waals surface area contributed by atoms with Crippen LogP contribution in [0.1, 0.15) is 23.0 Å². The Kier molecular flexibility index (Phi) is 4.37. The molecule has 0 aliphatic rings. The lowest BCUT2D eigenvalue weighted by atomic mass is 10.2. The number of methoxy groups -OCH3 is 1. The topological polar surface area (TPSA) is 101 Å². The predicted molar refractivity (Wildman–Crippen MR) is 85.3 cm³/mol. The number of nitrogens with zero attached hydrogens (tertiary/aromatic N) is 3. The Bertz CT molecular complexity index is 817. The highest BCUT2D eigenvalue weighted by Crippen LogP contribution is 2.26. The molecule has 0 bridgehead atoms. The minimum Gasteiger partial charge on any atom is -0.464 e.